The molecule has 2 aromatic rings. The lowest BCUT2D eigenvalue weighted by Gasteiger charge is -2.12. The van der Waals surface area contributed by atoms with Gasteiger partial charge in [0.2, 0.25) is 5.75 Å². The van der Waals surface area contributed by atoms with Crippen molar-refractivity contribution in [2.24, 2.45) is 7.05 Å². The van der Waals surface area contributed by atoms with Gasteiger partial charge >= 0.3 is 0 Å². The van der Waals surface area contributed by atoms with Crippen molar-refractivity contribution in [2.45, 2.75) is 6.42 Å². The summed E-state index contributed by atoms with van der Waals surface area (Å²) in [5.74, 6) is 2.98. The molecule has 0 aliphatic heterocycles. The Morgan fingerprint density at radius 3 is 2.68 bits per heavy atom. The second-order valence-electron chi connectivity index (χ2n) is 3.99. The Morgan fingerprint density at radius 2 is 2.05 bits per heavy atom. The number of nitrogens with one attached hydrogen (secondary N) is 2. The van der Waals surface area contributed by atoms with Gasteiger partial charge in [-0.05, 0) is 0 Å². The molecule has 0 bridgehead atoms. The second kappa shape index (κ2) is 6.03. The van der Waals surface area contributed by atoms with Crippen LogP contribution in [0.4, 0.5) is 11.6 Å². The van der Waals surface area contributed by atoms with Gasteiger partial charge in [0.15, 0.2) is 11.6 Å². The van der Waals surface area contributed by atoms with Crippen molar-refractivity contribution in [3.8, 4) is 5.75 Å². The first-order valence-corrected chi connectivity index (χ1v) is 6.03. The predicted octanol–water partition coefficient (Wildman–Crippen LogP) is 0.915. The van der Waals surface area contributed by atoms with E-state index < -0.39 is 0 Å². The van der Waals surface area contributed by atoms with Gasteiger partial charge in [-0.15, -0.1) is 0 Å². The highest BCUT2D eigenvalue weighted by Gasteiger charge is 2.10. The number of anilines is 2. The summed E-state index contributed by atoms with van der Waals surface area (Å²) in [4.78, 5) is 12.6. The Morgan fingerprint density at radius 1 is 1.26 bits per heavy atom. The van der Waals surface area contributed by atoms with E-state index in [2.05, 4.69) is 25.6 Å². The van der Waals surface area contributed by atoms with E-state index in [1.807, 2.05) is 17.8 Å². The Hall–Kier alpha value is -2.31. The third kappa shape index (κ3) is 2.93. The topological polar surface area (TPSA) is 76.9 Å². The summed E-state index contributed by atoms with van der Waals surface area (Å²) >= 11 is 0. The van der Waals surface area contributed by atoms with E-state index in [1.165, 1.54) is 6.33 Å². The number of imidazole rings is 1. The predicted molar refractivity (Wildman–Crippen MR) is 73.5 cm³/mol. The lowest BCUT2D eigenvalue weighted by Crippen LogP contribution is -2.11. The van der Waals surface area contributed by atoms with Crippen molar-refractivity contribution in [2.75, 3.05) is 31.3 Å². The Balaban J connectivity index is 2.01. The molecule has 0 fully saturated rings. The van der Waals surface area contributed by atoms with Crippen LogP contribution in [-0.4, -0.2) is 40.2 Å². The summed E-state index contributed by atoms with van der Waals surface area (Å²) in [6.07, 6.45) is 6.03. The van der Waals surface area contributed by atoms with Crippen LogP contribution in [0.3, 0.4) is 0 Å². The summed E-state index contributed by atoms with van der Waals surface area (Å²) in [6.45, 7) is 0.724. The molecule has 2 N–H and O–H groups in total. The summed E-state index contributed by atoms with van der Waals surface area (Å²) < 4.78 is 7.31. The number of hydrogen-bond acceptors (Lipinski definition) is 6. The SMILES string of the molecule is CNc1ncnc(NCCc2nccn2C)c1OC. The van der Waals surface area contributed by atoms with Gasteiger partial charge in [-0.25, -0.2) is 15.0 Å². The molecule has 0 amide bonds. The second-order valence-corrected chi connectivity index (χ2v) is 3.99. The van der Waals surface area contributed by atoms with E-state index in [1.54, 1.807) is 20.4 Å². The number of aromatic nitrogens is 4. The highest BCUT2D eigenvalue weighted by atomic mass is 16.5. The van der Waals surface area contributed by atoms with E-state index in [9.17, 15) is 0 Å². The molecule has 102 valence electrons. The zero-order valence-corrected chi connectivity index (χ0v) is 11.3. The van der Waals surface area contributed by atoms with Crippen molar-refractivity contribution in [1.29, 1.82) is 0 Å². The van der Waals surface area contributed by atoms with Gasteiger partial charge in [-0.2, -0.15) is 0 Å². The number of hydrogen-bond donors (Lipinski definition) is 2. The monoisotopic (exact) mass is 262 g/mol. The zero-order chi connectivity index (χ0) is 13.7. The Kier molecular flexibility index (Phi) is 4.17. The first-order chi connectivity index (χ1) is 9.26. The van der Waals surface area contributed by atoms with Crippen LogP contribution in [0.25, 0.3) is 0 Å². The normalized spacial score (nSPS) is 10.3. The van der Waals surface area contributed by atoms with Gasteiger partial charge in [-0.1, -0.05) is 0 Å². The first-order valence-electron chi connectivity index (χ1n) is 6.03. The molecule has 0 saturated carbocycles. The van der Waals surface area contributed by atoms with Crippen molar-refractivity contribution < 1.29 is 4.74 Å². The number of rotatable bonds is 6. The van der Waals surface area contributed by atoms with Crippen molar-refractivity contribution in [3.05, 3.63) is 24.5 Å². The van der Waals surface area contributed by atoms with Gasteiger partial charge in [0.25, 0.3) is 0 Å². The van der Waals surface area contributed by atoms with Crippen molar-refractivity contribution in [3.63, 3.8) is 0 Å². The third-order valence-corrected chi connectivity index (χ3v) is 2.81. The molecule has 0 unspecified atom stereocenters. The lowest BCUT2D eigenvalue weighted by atomic mass is 10.4. The first kappa shape index (κ1) is 13.1. The molecule has 2 rings (SSSR count). The Labute approximate surface area is 112 Å². The highest BCUT2D eigenvalue weighted by Crippen LogP contribution is 2.28. The molecule has 0 saturated heterocycles. The standard InChI is InChI=1S/C12H18N6O/c1-13-11-10(19-3)12(17-8-16-11)15-5-4-9-14-6-7-18(9)2/h6-8H,4-5H2,1-3H3,(H2,13,15,16,17). The fourth-order valence-electron chi connectivity index (χ4n) is 1.80. The Bertz CT molecular complexity index is 539. The van der Waals surface area contributed by atoms with Crippen molar-refractivity contribution >= 4 is 11.6 Å². The van der Waals surface area contributed by atoms with E-state index in [0.29, 0.717) is 17.4 Å². The van der Waals surface area contributed by atoms with E-state index >= 15 is 0 Å². The molecule has 2 aromatic heterocycles. The minimum absolute atomic E-state index is 0.616. The summed E-state index contributed by atoms with van der Waals surface area (Å²) in [6, 6.07) is 0. The summed E-state index contributed by atoms with van der Waals surface area (Å²) in [5.41, 5.74) is 0. The van der Waals surface area contributed by atoms with E-state index in [0.717, 1.165) is 18.8 Å². The van der Waals surface area contributed by atoms with Gasteiger partial charge in [0.05, 0.1) is 7.11 Å². The van der Waals surface area contributed by atoms with Crippen LogP contribution in [0.15, 0.2) is 18.7 Å². The molecule has 0 radical (unpaired) electrons. The van der Waals surface area contributed by atoms with Crippen LogP contribution in [0.2, 0.25) is 0 Å². The molecule has 2 heterocycles. The van der Waals surface area contributed by atoms with E-state index in [4.69, 9.17) is 4.74 Å². The molecule has 0 atom stereocenters. The quantitative estimate of drug-likeness (QED) is 0.806. The minimum atomic E-state index is 0.616. The van der Waals surface area contributed by atoms with Crippen molar-refractivity contribution in [1.82, 2.24) is 19.5 Å². The van der Waals surface area contributed by atoms with Crippen LogP contribution in [0.5, 0.6) is 5.75 Å². The van der Waals surface area contributed by atoms with Crippen LogP contribution in [-0.2, 0) is 13.5 Å². The van der Waals surface area contributed by atoms with Crippen LogP contribution >= 0.6 is 0 Å². The van der Waals surface area contributed by atoms with Gasteiger partial charge in [0, 0.05) is 39.5 Å². The molecule has 0 spiro atoms. The molecular formula is C12H18N6O. The molecule has 7 nitrogen and oxygen atoms in total. The number of nitrogens with zero attached hydrogens (tertiary/aromatic N) is 4. The highest BCUT2D eigenvalue weighted by molar-refractivity contribution is 5.63. The molecule has 0 aliphatic rings. The lowest BCUT2D eigenvalue weighted by molar-refractivity contribution is 0.415. The fraction of sp³-hybridized carbons (Fsp3) is 0.417. The third-order valence-electron chi connectivity index (χ3n) is 2.81. The molecule has 19 heavy (non-hydrogen) atoms. The molecule has 7 heteroatoms. The maximum atomic E-state index is 5.31. The van der Waals surface area contributed by atoms with Crippen LogP contribution in [0.1, 0.15) is 5.82 Å². The van der Waals surface area contributed by atoms with Gasteiger partial charge in [0.1, 0.15) is 12.2 Å². The fourth-order valence-corrected chi connectivity index (χ4v) is 1.80. The van der Waals surface area contributed by atoms with Crippen LogP contribution < -0.4 is 15.4 Å². The van der Waals surface area contributed by atoms with Gasteiger partial charge in [-0.3, -0.25) is 0 Å². The number of methoxy groups -OCH3 is 1. The van der Waals surface area contributed by atoms with E-state index in [-0.39, 0.29) is 0 Å². The zero-order valence-electron chi connectivity index (χ0n) is 11.3. The average molecular weight is 262 g/mol. The smallest absolute Gasteiger partial charge is 0.204 e. The molecular weight excluding hydrogens is 244 g/mol. The number of aryl methyl sites for hydroxylation is 1. The molecule has 0 aromatic carbocycles. The largest absolute Gasteiger partial charge is 0.490 e. The summed E-state index contributed by atoms with van der Waals surface area (Å²) in [7, 11) is 5.37. The average Bonchev–Trinajstić information content (AvgIpc) is 2.84. The molecule has 0 aliphatic carbocycles. The summed E-state index contributed by atoms with van der Waals surface area (Å²) in [5, 5.41) is 6.20. The van der Waals surface area contributed by atoms with Gasteiger partial charge < -0.3 is 19.9 Å². The minimum Gasteiger partial charge on any atom is -0.490 e. The maximum Gasteiger partial charge on any atom is 0.204 e. The maximum absolute atomic E-state index is 5.31. The van der Waals surface area contributed by atoms with Crippen LogP contribution in [0, 0.1) is 0 Å². The number of ether oxygens (including phenoxy) is 1.